The molecule has 0 N–H and O–H groups in total. The Morgan fingerprint density at radius 3 is 2.84 bits per heavy atom. The maximum atomic E-state index is 13.5. The number of hydrogen-bond donors (Lipinski definition) is 0. The summed E-state index contributed by atoms with van der Waals surface area (Å²) in [7, 11) is 0. The molecule has 4 aromatic rings. The van der Waals surface area contributed by atoms with Crippen LogP contribution in [0.4, 0.5) is 13.2 Å². The molecular weight excluding hydrogens is 421 g/mol. The van der Waals surface area contributed by atoms with Crippen LogP contribution in [0.15, 0.2) is 42.7 Å². The van der Waals surface area contributed by atoms with E-state index < -0.39 is 11.9 Å². The van der Waals surface area contributed by atoms with E-state index in [9.17, 15) is 18.0 Å². The number of benzene rings is 1. The van der Waals surface area contributed by atoms with Crippen LogP contribution in [-0.4, -0.2) is 48.0 Å². The highest BCUT2D eigenvalue weighted by atomic mass is 19.4. The third-order valence-corrected chi connectivity index (χ3v) is 6.07. The summed E-state index contributed by atoms with van der Waals surface area (Å²) in [6.07, 6.45) is -2.17. The van der Waals surface area contributed by atoms with Crippen molar-refractivity contribution in [2.75, 3.05) is 13.1 Å². The number of piperidine rings is 1. The normalized spacial score (nSPS) is 17.4. The van der Waals surface area contributed by atoms with Crippen LogP contribution in [-0.2, 0) is 17.5 Å². The number of alkyl halides is 3. The molecule has 1 fully saturated rings. The van der Waals surface area contributed by atoms with Gasteiger partial charge in [-0.25, -0.2) is 4.98 Å². The lowest BCUT2D eigenvalue weighted by Crippen LogP contribution is -2.41. The van der Waals surface area contributed by atoms with Gasteiger partial charge in [0.2, 0.25) is 5.91 Å². The lowest BCUT2D eigenvalue weighted by molar-refractivity contribution is -0.143. The van der Waals surface area contributed by atoms with Gasteiger partial charge < -0.3 is 9.47 Å². The van der Waals surface area contributed by atoms with E-state index in [0.29, 0.717) is 30.4 Å². The van der Waals surface area contributed by atoms with E-state index in [2.05, 4.69) is 15.1 Å². The minimum absolute atomic E-state index is 0.0567. The molecule has 0 aliphatic carbocycles. The second kappa shape index (κ2) is 7.61. The van der Waals surface area contributed by atoms with Crippen LogP contribution in [0.3, 0.4) is 0 Å². The van der Waals surface area contributed by atoms with Crippen molar-refractivity contribution in [3.63, 3.8) is 0 Å². The van der Waals surface area contributed by atoms with Crippen molar-refractivity contribution in [1.82, 2.24) is 29.0 Å². The highest BCUT2D eigenvalue weighted by Gasteiger charge is 2.36. The zero-order valence-corrected chi connectivity index (χ0v) is 17.4. The number of aromatic nitrogens is 5. The number of rotatable bonds is 3. The lowest BCUT2D eigenvalue weighted by Gasteiger charge is -2.33. The van der Waals surface area contributed by atoms with Gasteiger partial charge in [0.15, 0.2) is 5.69 Å². The molecule has 1 atom stereocenters. The first kappa shape index (κ1) is 20.5. The third-order valence-electron chi connectivity index (χ3n) is 6.07. The first-order valence-electron chi connectivity index (χ1n) is 10.4. The SMILES string of the molecule is Cc1cc2ccccc2n1CC(=O)N1CCC[C@H](c2cc(C(F)(F)F)n3ncnc3n2)C1. The van der Waals surface area contributed by atoms with Gasteiger partial charge in [0.05, 0.1) is 5.69 Å². The number of carbonyl (C=O) groups excluding carboxylic acids is 1. The van der Waals surface area contributed by atoms with Crippen molar-refractivity contribution in [2.45, 2.75) is 38.4 Å². The molecule has 7 nitrogen and oxygen atoms in total. The zero-order valence-electron chi connectivity index (χ0n) is 17.4. The monoisotopic (exact) mass is 442 g/mol. The van der Waals surface area contributed by atoms with Crippen LogP contribution in [0.5, 0.6) is 0 Å². The molecular formula is C22H21F3N6O. The average Bonchev–Trinajstić information content (AvgIpc) is 3.36. The first-order valence-corrected chi connectivity index (χ1v) is 10.4. The van der Waals surface area contributed by atoms with Gasteiger partial charge in [-0.3, -0.25) is 4.79 Å². The summed E-state index contributed by atoms with van der Waals surface area (Å²) < 4.78 is 43.3. The predicted octanol–water partition coefficient (Wildman–Crippen LogP) is 3.81. The minimum atomic E-state index is -4.58. The van der Waals surface area contributed by atoms with E-state index in [4.69, 9.17) is 0 Å². The molecule has 1 aromatic carbocycles. The maximum absolute atomic E-state index is 13.5. The molecule has 0 saturated carbocycles. The molecule has 0 radical (unpaired) electrons. The first-order chi connectivity index (χ1) is 15.3. The van der Waals surface area contributed by atoms with E-state index >= 15 is 0 Å². The summed E-state index contributed by atoms with van der Waals surface area (Å²) in [6.45, 7) is 3.05. The fraction of sp³-hybridized carbons (Fsp3) is 0.364. The Kier molecular flexibility index (Phi) is 4.87. The van der Waals surface area contributed by atoms with Crippen molar-refractivity contribution >= 4 is 22.6 Å². The number of halogens is 3. The quantitative estimate of drug-likeness (QED) is 0.484. The zero-order chi connectivity index (χ0) is 22.5. The van der Waals surface area contributed by atoms with Gasteiger partial charge >= 0.3 is 6.18 Å². The van der Waals surface area contributed by atoms with Crippen LogP contribution < -0.4 is 0 Å². The van der Waals surface area contributed by atoms with Gasteiger partial charge in [0.1, 0.15) is 12.9 Å². The molecule has 1 amide bonds. The number of nitrogens with zero attached hydrogens (tertiary/aromatic N) is 6. The summed E-state index contributed by atoms with van der Waals surface area (Å²) in [6, 6.07) is 10.9. The van der Waals surface area contributed by atoms with Crippen LogP contribution in [0.25, 0.3) is 16.7 Å². The Morgan fingerprint density at radius 2 is 2.03 bits per heavy atom. The Morgan fingerprint density at radius 1 is 1.22 bits per heavy atom. The van der Waals surface area contributed by atoms with E-state index in [0.717, 1.165) is 29.0 Å². The van der Waals surface area contributed by atoms with Gasteiger partial charge in [-0.2, -0.15) is 27.8 Å². The number of carbonyl (C=O) groups is 1. The Bertz CT molecular complexity index is 1310. The molecule has 32 heavy (non-hydrogen) atoms. The molecule has 10 heteroatoms. The Hall–Kier alpha value is -3.43. The van der Waals surface area contributed by atoms with Gasteiger partial charge in [0.25, 0.3) is 5.78 Å². The van der Waals surface area contributed by atoms with E-state index in [1.165, 1.54) is 0 Å². The second-order valence-corrected chi connectivity index (χ2v) is 8.15. The standard InChI is InChI=1S/C22H21F3N6O/c1-14-9-15-5-2-3-7-18(15)30(14)12-20(32)29-8-4-6-16(11-29)17-10-19(22(23,24)25)31-21(28-17)26-13-27-31/h2-3,5,7,9-10,13,16H,4,6,8,11-12H2,1H3/t16-/m0/s1. The molecule has 0 unspecified atom stereocenters. The average molecular weight is 442 g/mol. The maximum Gasteiger partial charge on any atom is 0.433 e. The van der Waals surface area contributed by atoms with Crippen molar-refractivity contribution < 1.29 is 18.0 Å². The fourth-order valence-electron chi connectivity index (χ4n) is 4.48. The second-order valence-electron chi connectivity index (χ2n) is 8.15. The molecule has 4 heterocycles. The summed E-state index contributed by atoms with van der Waals surface area (Å²) in [5, 5.41) is 4.71. The summed E-state index contributed by atoms with van der Waals surface area (Å²) in [5.74, 6) is -0.440. The third kappa shape index (κ3) is 3.59. The van der Waals surface area contributed by atoms with E-state index in [1.807, 2.05) is 41.8 Å². The predicted molar refractivity (Wildman–Crippen MR) is 111 cm³/mol. The van der Waals surface area contributed by atoms with Crippen LogP contribution in [0.1, 0.15) is 35.8 Å². The Balaban J connectivity index is 1.40. The number of amides is 1. The molecule has 166 valence electrons. The number of likely N-dealkylation sites (tertiary alicyclic amines) is 1. The molecule has 1 saturated heterocycles. The number of aryl methyl sites for hydroxylation is 1. The van der Waals surface area contributed by atoms with Gasteiger partial charge in [0, 0.05) is 30.2 Å². The van der Waals surface area contributed by atoms with E-state index in [-0.39, 0.29) is 29.8 Å². The highest BCUT2D eigenvalue weighted by Crippen LogP contribution is 2.33. The molecule has 0 spiro atoms. The van der Waals surface area contributed by atoms with Gasteiger partial charge in [-0.05, 0) is 43.4 Å². The molecule has 0 bridgehead atoms. The minimum Gasteiger partial charge on any atom is -0.340 e. The van der Waals surface area contributed by atoms with Crippen LogP contribution in [0, 0.1) is 6.92 Å². The number of para-hydroxylation sites is 1. The number of hydrogen-bond acceptors (Lipinski definition) is 4. The van der Waals surface area contributed by atoms with Crippen molar-refractivity contribution in [3.8, 4) is 0 Å². The largest absolute Gasteiger partial charge is 0.433 e. The fourth-order valence-corrected chi connectivity index (χ4v) is 4.48. The van der Waals surface area contributed by atoms with Gasteiger partial charge in [-0.15, -0.1) is 0 Å². The molecule has 3 aromatic heterocycles. The number of fused-ring (bicyclic) bond motifs is 2. The summed E-state index contributed by atoms with van der Waals surface area (Å²) >= 11 is 0. The lowest BCUT2D eigenvalue weighted by atomic mass is 9.94. The Labute approximate surface area is 181 Å². The molecule has 1 aliphatic heterocycles. The summed E-state index contributed by atoms with van der Waals surface area (Å²) in [4.78, 5) is 23.0. The highest BCUT2D eigenvalue weighted by molar-refractivity contribution is 5.84. The van der Waals surface area contributed by atoms with Crippen molar-refractivity contribution in [1.29, 1.82) is 0 Å². The topological polar surface area (TPSA) is 68.3 Å². The molecule has 1 aliphatic rings. The van der Waals surface area contributed by atoms with Crippen molar-refractivity contribution in [3.05, 3.63) is 59.8 Å². The van der Waals surface area contributed by atoms with Crippen LogP contribution in [0.2, 0.25) is 0 Å². The summed E-state index contributed by atoms with van der Waals surface area (Å²) in [5.41, 5.74) is 1.35. The van der Waals surface area contributed by atoms with Crippen LogP contribution >= 0.6 is 0 Å². The van der Waals surface area contributed by atoms with E-state index in [1.54, 1.807) is 4.90 Å². The smallest absolute Gasteiger partial charge is 0.340 e. The molecule has 5 rings (SSSR count). The van der Waals surface area contributed by atoms with Crippen molar-refractivity contribution in [2.24, 2.45) is 0 Å². The van der Waals surface area contributed by atoms with Gasteiger partial charge in [-0.1, -0.05) is 18.2 Å².